The Labute approximate surface area is 170 Å². The summed E-state index contributed by atoms with van der Waals surface area (Å²) in [5.41, 5.74) is 6.88. The van der Waals surface area contributed by atoms with Crippen LogP contribution in [-0.4, -0.2) is 23.5 Å². The third kappa shape index (κ3) is 4.39. The monoisotopic (exact) mass is 413 g/mol. The summed E-state index contributed by atoms with van der Waals surface area (Å²) in [7, 11) is 0. The first-order valence-electron chi connectivity index (χ1n) is 8.77. The van der Waals surface area contributed by atoms with E-state index in [1.54, 1.807) is 11.3 Å². The molecular formula is C19H25Cl2N3OS. The van der Waals surface area contributed by atoms with Crippen LogP contribution in [0, 0.1) is 11.8 Å². The van der Waals surface area contributed by atoms with Crippen molar-refractivity contribution in [2.24, 2.45) is 17.6 Å². The molecule has 1 saturated carbocycles. The molecule has 2 aromatic rings. The SMILES string of the molecule is Cl.Cl.NCC(NC(=O)C1CC=CCC1c1nc2ccccc2s1)C1CC1. The zero-order chi connectivity index (χ0) is 16.5. The highest BCUT2D eigenvalue weighted by atomic mass is 35.5. The molecule has 0 spiro atoms. The van der Waals surface area contributed by atoms with Crippen molar-refractivity contribution >= 4 is 52.3 Å². The number of carbonyl (C=O) groups is 1. The van der Waals surface area contributed by atoms with Crippen LogP contribution in [0.2, 0.25) is 0 Å². The lowest BCUT2D eigenvalue weighted by Gasteiger charge is -2.28. The molecule has 3 atom stereocenters. The van der Waals surface area contributed by atoms with E-state index in [0.717, 1.165) is 23.4 Å². The number of hydrogen-bond acceptors (Lipinski definition) is 4. The number of rotatable bonds is 5. The number of amides is 1. The van der Waals surface area contributed by atoms with Crippen LogP contribution in [-0.2, 0) is 4.79 Å². The Hall–Kier alpha value is -1.14. The Balaban J connectivity index is 0.00000121. The van der Waals surface area contributed by atoms with Crippen molar-refractivity contribution < 1.29 is 4.79 Å². The molecule has 3 N–H and O–H groups in total. The summed E-state index contributed by atoms with van der Waals surface area (Å²) in [5, 5.41) is 4.29. The quantitative estimate of drug-likeness (QED) is 0.726. The van der Waals surface area contributed by atoms with Gasteiger partial charge in [0.1, 0.15) is 0 Å². The Kier molecular flexibility index (Phi) is 7.47. The van der Waals surface area contributed by atoms with E-state index in [4.69, 9.17) is 10.7 Å². The van der Waals surface area contributed by atoms with Gasteiger partial charge < -0.3 is 11.1 Å². The Morgan fingerprint density at radius 2 is 1.96 bits per heavy atom. The van der Waals surface area contributed by atoms with E-state index < -0.39 is 0 Å². The van der Waals surface area contributed by atoms with Crippen molar-refractivity contribution in [3.05, 3.63) is 41.4 Å². The molecule has 4 nitrogen and oxygen atoms in total. The second kappa shape index (κ2) is 9.18. The molecule has 4 rings (SSSR count). The zero-order valence-corrected chi connectivity index (χ0v) is 16.9. The molecule has 0 bridgehead atoms. The lowest BCUT2D eigenvalue weighted by molar-refractivity contribution is -0.126. The first-order chi connectivity index (χ1) is 11.8. The molecule has 26 heavy (non-hydrogen) atoms. The average Bonchev–Trinajstić information content (AvgIpc) is 3.37. The highest BCUT2D eigenvalue weighted by Gasteiger charge is 2.36. The third-order valence-electron chi connectivity index (χ3n) is 5.17. The summed E-state index contributed by atoms with van der Waals surface area (Å²) in [6.45, 7) is 0.533. The van der Waals surface area contributed by atoms with Crippen molar-refractivity contribution in [2.75, 3.05) is 6.54 Å². The molecular weight excluding hydrogens is 389 g/mol. The van der Waals surface area contributed by atoms with Gasteiger partial charge in [0.25, 0.3) is 0 Å². The van der Waals surface area contributed by atoms with Crippen LogP contribution in [0.3, 0.4) is 0 Å². The number of halogens is 2. The lowest BCUT2D eigenvalue weighted by Crippen LogP contribution is -2.45. The summed E-state index contributed by atoms with van der Waals surface area (Å²) < 4.78 is 1.19. The van der Waals surface area contributed by atoms with E-state index in [0.29, 0.717) is 12.5 Å². The van der Waals surface area contributed by atoms with E-state index in [2.05, 4.69) is 23.5 Å². The van der Waals surface area contributed by atoms with Crippen molar-refractivity contribution in [1.29, 1.82) is 0 Å². The van der Waals surface area contributed by atoms with Gasteiger partial charge in [0.2, 0.25) is 5.91 Å². The number of allylic oxidation sites excluding steroid dienone is 2. The van der Waals surface area contributed by atoms with Gasteiger partial charge in [0.05, 0.1) is 21.1 Å². The minimum atomic E-state index is -0.0386. The highest BCUT2D eigenvalue weighted by Crippen LogP contribution is 2.39. The second-order valence-electron chi connectivity index (χ2n) is 6.86. The fraction of sp³-hybridized carbons (Fsp3) is 0.474. The van der Waals surface area contributed by atoms with Crippen LogP contribution in [0.4, 0.5) is 0 Å². The van der Waals surface area contributed by atoms with Gasteiger partial charge in [-0.15, -0.1) is 36.2 Å². The molecule has 1 fully saturated rings. The lowest BCUT2D eigenvalue weighted by atomic mass is 9.82. The van der Waals surface area contributed by atoms with E-state index in [9.17, 15) is 4.79 Å². The van der Waals surface area contributed by atoms with Crippen LogP contribution < -0.4 is 11.1 Å². The molecule has 2 aliphatic rings. The van der Waals surface area contributed by atoms with Crippen LogP contribution in [0.1, 0.15) is 36.6 Å². The van der Waals surface area contributed by atoms with Crippen LogP contribution in [0.25, 0.3) is 10.2 Å². The fourth-order valence-corrected chi connectivity index (χ4v) is 4.73. The molecule has 1 heterocycles. The molecule has 0 aliphatic heterocycles. The van der Waals surface area contributed by atoms with Gasteiger partial charge >= 0.3 is 0 Å². The van der Waals surface area contributed by atoms with Crippen molar-refractivity contribution in [2.45, 2.75) is 37.6 Å². The summed E-state index contributed by atoms with van der Waals surface area (Å²) in [6, 6.07) is 8.33. The molecule has 0 radical (unpaired) electrons. The topological polar surface area (TPSA) is 68.0 Å². The number of nitrogens with two attached hydrogens (primary N) is 1. The van der Waals surface area contributed by atoms with Crippen LogP contribution >= 0.6 is 36.2 Å². The first-order valence-corrected chi connectivity index (χ1v) is 9.59. The number of para-hydroxylation sites is 1. The number of fused-ring (bicyclic) bond motifs is 1. The van der Waals surface area contributed by atoms with E-state index >= 15 is 0 Å². The number of aromatic nitrogens is 1. The van der Waals surface area contributed by atoms with Gasteiger partial charge in [-0.05, 0) is 43.7 Å². The summed E-state index contributed by atoms with van der Waals surface area (Å²) in [4.78, 5) is 17.7. The van der Waals surface area contributed by atoms with E-state index in [1.165, 1.54) is 17.5 Å². The summed E-state index contributed by atoms with van der Waals surface area (Å²) >= 11 is 1.72. The minimum Gasteiger partial charge on any atom is -0.352 e. The van der Waals surface area contributed by atoms with Crippen molar-refractivity contribution in [1.82, 2.24) is 10.3 Å². The molecule has 142 valence electrons. The summed E-state index contributed by atoms with van der Waals surface area (Å²) in [6.07, 6.45) is 8.36. The molecule has 1 aromatic carbocycles. The molecule has 3 unspecified atom stereocenters. The smallest absolute Gasteiger partial charge is 0.224 e. The number of benzene rings is 1. The van der Waals surface area contributed by atoms with E-state index in [-0.39, 0.29) is 48.6 Å². The average molecular weight is 414 g/mol. The van der Waals surface area contributed by atoms with Crippen molar-refractivity contribution in [3.8, 4) is 0 Å². The number of nitrogens with one attached hydrogen (secondary N) is 1. The Bertz CT molecular complexity index is 742. The Morgan fingerprint density at radius 1 is 1.23 bits per heavy atom. The van der Waals surface area contributed by atoms with Gasteiger partial charge in [-0.25, -0.2) is 4.98 Å². The van der Waals surface area contributed by atoms with Crippen molar-refractivity contribution in [3.63, 3.8) is 0 Å². The molecule has 7 heteroatoms. The van der Waals surface area contributed by atoms with Gasteiger partial charge in [-0.3, -0.25) is 4.79 Å². The maximum Gasteiger partial charge on any atom is 0.224 e. The number of hydrogen-bond donors (Lipinski definition) is 2. The first kappa shape index (κ1) is 21.2. The molecule has 1 amide bonds. The highest BCUT2D eigenvalue weighted by molar-refractivity contribution is 7.18. The fourth-order valence-electron chi connectivity index (χ4n) is 3.58. The minimum absolute atomic E-state index is 0. The third-order valence-corrected chi connectivity index (χ3v) is 6.34. The number of thiazole rings is 1. The molecule has 0 saturated heterocycles. The van der Waals surface area contributed by atoms with Gasteiger partial charge in [0.15, 0.2) is 0 Å². The summed E-state index contributed by atoms with van der Waals surface area (Å²) in [5.74, 6) is 0.860. The van der Waals surface area contributed by atoms with Gasteiger partial charge in [0, 0.05) is 18.5 Å². The predicted molar refractivity (Wildman–Crippen MR) is 112 cm³/mol. The second-order valence-corrected chi connectivity index (χ2v) is 7.93. The Morgan fingerprint density at radius 3 is 2.65 bits per heavy atom. The van der Waals surface area contributed by atoms with Crippen LogP contribution in [0.5, 0.6) is 0 Å². The zero-order valence-electron chi connectivity index (χ0n) is 14.5. The van der Waals surface area contributed by atoms with Gasteiger partial charge in [-0.2, -0.15) is 0 Å². The maximum atomic E-state index is 12.9. The molecule has 2 aliphatic carbocycles. The van der Waals surface area contributed by atoms with Gasteiger partial charge in [-0.1, -0.05) is 24.3 Å². The number of carbonyl (C=O) groups excluding carboxylic acids is 1. The maximum absolute atomic E-state index is 12.9. The van der Waals surface area contributed by atoms with Crippen LogP contribution in [0.15, 0.2) is 36.4 Å². The molecule has 1 aromatic heterocycles. The largest absolute Gasteiger partial charge is 0.352 e. The normalized spacial score (nSPS) is 23.0. The predicted octanol–water partition coefficient (Wildman–Crippen LogP) is 4.04. The number of nitrogens with zero attached hydrogens (tertiary/aromatic N) is 1. The standard InChI is InChI=1S/C19H23N3OS.2ClH/c20-11-16(12-9-10-12)21-18(23)13-5-1-2-6-14(13)19-22-15-7-3-4-8-17(15)24-19;;/h1-4,7-8,12-14,16H,5-6,9-11,20H2,(H,21,23);2*1H. The van der Waals surface area contributed by atoms with E-state index in [1.807, 2.05) is 18.2 Å².